The van der Waals surface area contributed by atoms with Crippen LogP contribution in [-0.2, 0) is 4.79 Å². The van der Waals surface area contributed by atoms with Crippen LogP contribution in [0.5, 0.6) is 11.6 Å². The summed E-state index contributed by atoms with van der Waals surface area (Å²) in [7, 11) is 0. The number of amides is 1. The van der Waals surface area contributed by atoms with Crippen molar-refractivity contribution in [2.75, 3.05) is 4.90 Å². The lowest BCUT2D eigenvalue weighted by Crippen LogP contribution is -2.51. The Bertz CT molecular complexity index is 805. The number of carbonyl (C=O) groups excluding carboxylic acids is 1. The van der Waals surface area contributed by atoms with Gasteiger partial charge in [-0.3, -0.25) is 4.79 Å². The number of aromatic nitrogens is 1. The molecule has 8 heteroatoms. The second-order valence-electron chi connectivity index (χ2n) is 5.73. The van der Waals surface area contributed by atoms with Gasteiger partial charge in [0.1, 0.15) is 5.75 Å². The molecule has 0 N–H and O–H groups in total. The van der Waals surface area contributed by atoms with E-state index in [0.29, 0.717) is 16.8 Å². The maximum Gasteiger partial charge on any atom is 0.491 e. The van der Waals surface area contributed by atoms with Gasteiger partial charge in [-0.25, -0.2) is 9.88 Å². The molecule has 5 nitrogen and oxygen atoms in total. The molecule has 1 aromatic heterocycles. The van der Waals surface area contributed by atoms with Crippen molar-refractivity contribution in [3.8, 4) is 11.6 Å². The van der Waals surface area contributed by atoms with Crippen molar-refractivity contribution in [3.05, 3.63) is 24.3 Å². The summed E-state index contributed by atoms with van der Waals surface area (Å²) in [6, 6.07) is 5.80. The number of anilines is 1. The standard InChI is InChI=1S/C16H15F3N2O3/c1-8(2)23-14-5-4-10-6-12-13(7-11(10)20-14)24-9(3)15(22)21(12)16(17,18)19/h4-9H,1-3H3. The van der Waals surface area contributed by atoms with Gasteiger partial charge in [-0.2, -0.15) is 0 Å². The maximum atomic E-state index is 13.3. The Balaban J connectivity index is 2.14. The van der Waals surface area contributed by atoms with Crippen LogP contribution in [0, 0.1) is 0 Å². The van der Waals surface area contributed by atoms with E-state index in [4.69, 9.17) is 9.47 Å². The van der Waals surface area contributed by atoms with Crippen LogP contribution in [0.3, 0.4) is 0 Å². The predicted molar refractivity (Wildman–Crippen MR) is 81.1 cm³/mol. The molecule has 2 aromatic rings. The molecule has 0 radical (unpaired) electrons. The summed E-state index contributed by atoms with van der Waals surface area (Å²) in [6.07, 6.45) is -6.14. The highest BCUT2D eigenvalue weighted by atomic mass is 19.4. The number of ether oxygens (including phenoxy) is 2. The lowest BCUT2D eigenvalue weighted by Gasteiger charge is -2.34. The van der Waals surface area contributed by atoms with E-state index in [9.17, 15) is 18.0 Å². The Kier molecular flexibility index (Phi) is 3.77. The number of nitrogens with zero attached hydrogens (tertiary/aromatic N) is 2. The van der Waals surface area contributed by atoms with Gasteiger partial charge in [0, 0.05) is 17.5 Å². The number of rotatable bonds is 2. The minimum absolute atomic E-state index is 0.0406. The fourth-order valence-corrected chi connectivity index (χ4v) is 2.50. The van der Waals surface area contributed by atoms with Gasteiger partial charge in [0.2, 0.25) is 5.88 Å². The molecule has 128 valence electrons. The molecule has 1 atom stereocenters. The van der Waals surface area contributed by atoms with Gasteiger partial charge in [0.25, 0.3) is 5.91 Å². The van der Waals surface area contributed by atoms with Crippen LogP contribution in [0.2, 0.25) is 0 Å². The number of fused-ring (bicyclic) bond motifs is 2. The van der Waals surface area contributed by atoms with Crippen molar-refractivity contribution < 1.29 is 27.4 Å². The zero-order valence-electron chi connectivity index (χ0n) is 13.2. The first kappa shape index (κ1) is 16.4. The summed E-state index contributed by atoms with van der Waals surface area (Å²) < 4.78 is 50.6. The summed E-state index contributed by atoms with van der Waals surface area (Å²) in [4.78, 5) is 16.0. The van der Waals surface area contributed by atoms with Crippen LogP contribution in [0.4, 0.5) is 18.9 Å². The van der Waals surface area contributed by atoms with Gasteiger partial charge in [-0.05, 0) is 32.9 Å². The molecule has 1 unspecified atom stereocenters. The van der Waals surface area contributed by atoms with Gasteiger partial charge in [-0.1, -0.05) is 0 Å². The van der Waals surface area contributed by atoms with Gasteiger partial charge in [0.05, 0.1) is 17.3 Å². The number of carbonyl (C=O) groups is 1. The summed E-state index contributed by atoms with van der Waals surface area (Å²) in [6.45, 7) is 4.96. The van der Waals surface area contributed by atoms with E-state index in [0.717, 1.165) is 0 Å². The van der Waals surface area contributed by atoms with Crippen LogP contribution in [0.1, 0.15) is 20.8 Å². The molecule has 0 fully saturated rings. The SMILES string of the molecule is CC(C)Oc1ccc2cc3c(cc2n1)OC(C)C(=O)N3C(F)(F)F. The van der Waals surface area contributed by atoms with Gasteiger partial charge < -0.3 is 9.47 Å². The molecule has 0 aliphatic carbocycles. The molecule has 1 aliphatic heterocycles. The quantitative estimate of drug-likeness (QED) is 0.783. The van der Waals surface area contributed by atoms with E-state index in [1.807, 2.05) is 13.8 Å². The first-order valence-corrected chi connectivity index (χ1v) is 7.35. The molecular weight excluding hydrogens is 325 g/mol. The molecule has 1 aromatic carbocycles. The molecular formula is C16H15F3N2O3. The Morgan fingerprint density at radius 1 is 1.29 bits per heavy atom. The maximum absolute atomic E-state index is 13.3. The van der Waals surface area contributed by atoms with Crippen LogP contribution in [0.15, 0.2) is 24.3 Å². The highest BCUT2D eigenvalue weighted by molar-refractivity contribution is 6.02. The number of benzene rings is 1. The second kappa shape index (κ2) is 5.54. The molecule has 1 amide bonds. The summed E-state index contributed by atoms with van der Waals surface area (Å²) in [5.41, 5.74) is 0.0907. The normalized spacial score (nSPS) is 17.9. The van der Waals surface area contributed by atoms with Crippen LogP contribution >= 0.6 is 0 Å². The number of halogens is 3. The lowest BCUT2D eigenvalue weighted by atomic mass is 10.1. The Labute approximate surface area is 136 Å². The number of hydrogen-bond donors (Lipinski definition) is 0. The van der Waals surface area contributed by atoms with Gasteiger partial charge in [0.15, 0.2) is 6.10 Å². The lowest BCUT2D eigenvalue weighted by molar-refractivity contribution is -0.156. The first-order valence-electron chi connectivity index (χ1n) is 7.35. The molecule has 24 heavy (non-hydrogen) atoms. The van der Waals surface area contributed by atoms with E-state index in [-0.39, 0.29) is 22.4 Å². The smallest absolute Gasteiger partial charge is 0.479 e. The number of hydrogen-bond acceptors (Lipinski definition) is 4. The first-order chi connectivity index (χ1) is 11.2. The molecule has 0 spiro atoms. The fraction of sp³-hybridized carbons (Fsp3) is 0.375. The summed E-state index contributed by atoms with van der Waals surface area (Å²) >= 11 is 0. The predicted octanol–water partition coefficient (Wildman–Crippen LogP) is 3.66. The largest absolute Gasteiger partial charge is 0.491 e. The van der Waals surface area contributed by atoms with E-state index >= 15 is 0 Å². The van der Waals surface area contributed by atoms with Gasteiger partial charge >= 0.3 is 6.30 Å². The van der Waals surface area contributed by atoms with E-state index in [2.05, 4.69) is 4.98 Å². The average molecular weight is 340 g/mol. The van der Waals surface area contributed by atoms with Crippen molar-refractivity contribution in [1.82, 2.24) is 4.98 Å². The van der Waals surface area contributed by atoms with E-state index in [1.54, 1.807) is 12.1 Å². The minimum atomic E-state index is -4.83. The molecule has 1 aliphatic rings. The molecule has 2 heterocycles. The molecule has 0 bridgehead atoms. The fourth-order valence-electron chi connectivity index (χ4n) is 2.50. The van der Waals surface area contributed by atoms with Crippen LogP contribution < -0.4 is 14.4 Å². The third-order valence-electron chi connectivity index (χ3n) is 3.47. The van der Waals surface area contributed by atoms with E-state index < -0.39 is 18.3 Å². The molecule has 0 saturated heterocycles. The van der Waals surface area contributed by atoms with Crippen LogP contribution in [-0.4, -0.2) is 29.4 Å². The zero-order chi connectivity index (χ0) is 17.6. The Hall–Kier alpha value is -2.51. The monoisotopic (exact) mass is 340 g/mol. The van der Waals surface area contributed by atoms with Gasteiger partial charge in [-0.15, -0.1) is 13.2 Å². The Morgan fingerprint density at radius 3 is 2.62 bits per heavy atom. The summed E-state index contributed by atoms with van der Waals surface area (Å²) in [5, 5.41) is 0.449. The zero-order valence-corrected chi connectivity index (χ0v) is 13.2. The van der Waals surface area contributed by atoms with Crippen molar-refractivity contribution in [2.45, 2.75) is 39.3 Å². The second-order valence-corrected chi connectivity index (χ2v) is 5.73. The number of pyridine rings is 1. The topological polar surface area (TPSA) is 51.7 Å². The Morgan fingerprint density at radius 2 is 2.00 bits per heavy atom. The third kappa shape index (κ3) is 2.83. The van der Waals surface area contributed by atoms with Crippen LogP contribution in [0.25, 0.3) is 10.9 Å². The summed E-state index contributed by atoms with van der Waals surface area (Å²) in [5.74, 6) is -0.826. The van der Waals surface area contributed by atoms with Crippen molar-refractivity contribution in [1.29, 1.82) is 0 Å². The van der Waals surface area contributed by atoms with Crippen molar-refractivity contribution >= 4 is 22.5 Å². The van der Waals surface area contributed by atoms with E-state index in [1.165, 1.54) is 19.1 Å². The number of alkyl halides is 3. The highest BCUT2D eigenvalue weighted by Crippen LogP contribution is 2.42. The molecule has 3 rings (SSSR count). The highest BCUT2D eigenvalue weighted by Gasteiger charge is 2.48. The molecule has 0 saturated carbocycles. The minimum Gasteiger partial charge on any atom is -0.479 e. The third-order valence-corrected chi connectivity index (χ3v) is 3.47. The van der Waals surface area contributed by atoms with Crippen molar-refractivity contribution in [3.63, 3.8) is 0 Å². The average Bonchev–Trinajstić information content (AvgIpc) is 2.44. The van der Waals surface area contributed by atoms with Crippen molar-refractivity contribution in [2.24, 2.45) is 0 Å².